The number of amides is 1. The zero-order valence-electron chi connectivity index (χ0n) is 19.1. The van der Waals surface area contributed by atoms with Crippen molar-refractivity contribution in [3.05, 3.63) is 78.6 Å². The molecule has 1 amide bonds. The maximum atomic E-state index is 13.5. The number of phenolic OH excluding ortho intramolecular Hbond substituents is 1. The summed E-state index contributed by atoms with van der Waals surface area (Å²) < 4.78 is 21.4. The molecule has 2 atom stereocenters. The number of phenols is 1. The molecule has 34 heavy (non-hydrogen) atoms. The van der Waals surface area contributed by atoms with Crippen LogP contribution in [-0.4, -0.2) is 51.7 Å². The second-order valence-electron chi connectivity index (χ2n) is 8.87. The summed E-state index contributed by atoms with van der Waals surface area (Å²) in [6.45, 7) is 3.95. The molecule has 7 nitrogen and oxygen atoms in total. The Labute approximate surface area is 199 Å². The number of piperidine rings is 1. The van der Waals surface area contributed by atoms with E-state index in [0.29, 0.717) is 32.0 Å². The van der Waals surface area contributed by atoms with Gasteiger partial charge >= 0.3 is 0 Å². The first-order chi connectivity index (χ1) is 16.5. The molecular formula is C26H31FN4O3. The molecule has 4 rings (SSSR count). The maximum absolute atomic E-state index is 13.5. The van der Waals surface area contributed by atoms with Crippen LogP contribution in [0, 0.1) is 17.7 Å². The van der Waals surface area contributed by atoms with Crippen LogP contribution < -0.4 is 10.1 Å². The van der Waals surface area contributed by atoms with Gasteiger partial charge in [-0.05, 0) is 42.7 Å². The molecule has 0 unspecified atom stereocenters. The highest BCUT2D eigenvalue weighted by molar-refractivity contribution is 5.79. The van der Waals surface area contributed by atoms with Crippen LogP contribution in [0.5, 0.6) is 11.5 Å². The molecule has 180 valence electrons. The molecule has 0 radical (unpaired) electrons. The number of carbonyl (C=O) groups excluding carboxylic acids is 1. The van der Waals surface area contributed by atoms with Crippen molar-refractivity contribution in [2.45, 2.75) is 25.9 Å². The summed E-state index contributed by atoms with van der Waals surface area (Å²) in [5.41, 5.74) is 1.07. The van der Waals surface area contributed by atoms with Crippen molar-refractivity contribution in [1.82, 2.24) is 19.8 Å². The fraction of sp³-hybridized carbons (Fsp3) is 0.385. The standard InChI is InChI=1S/C26H31FN4O3/c27-23-3-1-4-25(14-23)34-18-21-13-22(26(33)29-9-2-11-30-12-10-28-19-30)17-31(16-21)15-20-5-7-24(32)8-6-20/h1,3-8,10,12,14,19,21-22,32H,2,9,11,13,15-18H2,(H,29,33)/t21-,22+/m0/s1. The SMILES string of the molecule is O=C(NCCCn1ccnc1)[C@@H]1C[C@H](COc2cccc(F)c2)CN(Cc2ccc(O)cc2)C1. The number of aromatic nitrogens is 2. The van der Waals surface area contributed by atoms with Gasteiger partial charge in [0.25, 0.3) is 0 Å². The van der Waals surface area contributed by atoms with Gasteiger partial charge in [0, 0.05) is 57.1 Å². The number of rotatable bonds is 10. The van der Waals surface area contributed by atoms with Crippen LogP contribution in [0.2, 0.25) is 0 Å². The molecule has 0 spiro atoms. The summed E-state index contributed by atoms with van der Waals surface area (Å²) in [6, 6.07) is 13.3. The summed E-state index contributed by atoms with van der Waals surface area (Å²) in [7, 11) is 0. The zero-order valence-corrected chi connectivity index (χ0v) is 19.1. The van der Waals surface area contributed by atoms with Gasteiger partial charge in [-0.25, -0.2) is 9.37 Å². The van der Waals surface area contributed by atoms with E-state index in [2.05, 4.69) is 15.2 Å². The fourth-order valence-corrected chi connectivity index (χ4v) is 4.41. The summed E-state index contributed by atoms with van der Waals surface area (Å²) in [5, 5.41) is 12.7. The maximum Gasteiger partial charge on any atom is 0.224 e. The van der Waals surface area contributed by atoms with Gasteiger partial charge < -0.3 is 19.7 Å². The highest BCUT2D eigenvalue weighted by Crippen LogP contribution is 2.25. The van der Waals surface area contributed by atoms with Crippen molar-refractivity contribution >= 4 is 5.91 Å². The summed E-state index contributed by atoms with van der Waals surface area (Å²) in [6.07, 6.45) is 6.98. The molecule has 1 aliphatic rings. The zero-order chi connectivity index (χ0) is 23.8. The number of ether oxygens (including phenoxy) is 1. The van der Waals surface area contributed by atoms with Crippen LogP contribution in [0.25, 0.3) is 0 Å². The van der Waals surface area contributed by atoms with Gasteiger partial charge in [-0.2, -0.15) is 0 Å². The van der Waals surface area contributed by atoms with Crippen molar-refractivity contribution in [2.75, 3.05) is 26.2 Å². The van der Waals surface area contributed by atoms with Crippen LogP contribution in [0.1, 0.15) is 18.4 Å². The van der Waals surface area contributed by atoms with E-state index in [9.17, 15) is 14.3 Å². The minimum absolute atomic E-state index is 0.0526. The number of imidazole rings is 1. The Kier molecular flexibility index (Phi) is 8.14. The van der Waals surface area contributed by atoms with E-state index in [1.54, 1.807) is 36.8 Å². The Morgan fingerprint density at radius 2 is 2.06 bits per heavy atom. The van der Waals surface area contributed by atoms with Gasteiger partial charge in [-0.15, -0.1) is 0 Å². The van der Waals surface area contributed by atoms with E-state index < -0.39 is 0 Å². The molecule has 1 fully saturated rings. The first-order valence-electron chi connectivity index (χ1n) is 11.7. The Morgan fingerprint density at radius 1 is 1.21 bits per heavy atom. The Balaban J connectivity index is 1.34. The third kappa shape index (κ3) is 7.05. The van der Waals surface area contributed by atoms with Crippen molar-refractivity contribution in [3.63, 3.8) is 0 Å². The average molecular weight is 467 g/mol. The summed E-state index contributed by atoms with van der Waals surface area (Å²) in [5.74, 6) is 0.434. The van der Waals surface area contributed by atoms with E-state index in [4.69, 9.17) is 4.74 Å². The molecule has 8 heteroatoms. The van der Waals surface area contributed by atoms with Gasteiger partial charge in [0.05, 0.1) is 18.9 Å². The average Bonchev–Trinajstić information content (AvgIpc) is 3.35. The van der Waals surface area contributed by atoms with Crippen LogP contribution in [0.3, 0.4) is 0 Å². The smallest absolute Gasteiger partial charge is 0.224 e. The molecule has 1 aliphatic heterocycles. The van der Waals surface area contributed by atoms with Gasteiger partial charge in [-0.3, -0.25) is 9.69 Å². The van der Waals surface area contributed by atoms with Crippen LogP contribution >= 0.6 is 0 Å². The lowest BCUT2D eigenvalue weighted by Gasteiger charge is -2.37. The summed E-state index contributed by atoms with van der Waals surface area (Å²) >= 11 is 0. The molecule has 2 N–H and O–H groups in total. The number of hydrogen-bond acceptors (Lipinski definition) is 5. The molecule has 1 aromatic heterocycles. The van der Waals surface area contributed by atoms with Crippen molar-refractivity contribution in [1.29, 1.82) is 0 Å². The molecule has 2 heterocycles. The van der Waals surface area contributed by atoms with Gasteiger partial charge in [-0.1, -0.05) is 18.2 Å². The number of halogens is 1. The minimum atomic E-state index is -0.331. The van der Waals surface area contributed by atoms with E-state index in [0.717, 1.165) is 31.5 Å². The highest BCUT2D eigenvalue weighted by Gasteiger charge is 2.32. The van der Waals surface area contributed by atoms with Crippen molar-refractivity contribution in [2.24, 2.45) is 11.8 Å². The Hall–Kier alpha value is -3.39. The lowest BCUT2D eigenvalue weighted by atomic mass is 9.88. The quantitative estimate of drug-likeness (QED) is 0.448. The topological polar surface area (TPSA) is 79.6 Å². The lowest BCUT2D eigenvalue weighted by Crippen LogP contribution is -2.47. The molecule has 0 aliphatic carbocycles. The molecule has 1 saturated heterocycles. The minimum Gasteiger partial charge on any atom is -0.508 e. The number of nitrogens with zero attached hydrogens (tertiary/aromatic N) is 3. The number of benzene rings is 2. The van der Waals surface area contributed by atoms with Crippen molar-refractivity contribution < 1.29 is 19.0 Å². The van der Waals surface area contributed by atoms with E-state index in [1.807, 2.05) is 22.9 Å². The molecular weight excluding hydrogens is 435 g/mol. The first kappa shape index (κ1) is 23.8. The molecule has 2 aromatic carbocycles. The number of hydrogen-bond donors (Lipinski definition) is 2. The molecule has 3 aromatic rings. The number of aryl methyl sites for hydroxylation is 1. The predicted molar refractivity (Wildman–Crippen MR) is 127 cm³/mol. The second-order valence-corrected chi connectivity index (χ2v) is 8.87. The lowest BCUT2D eigenvalue weighted by molar-refractivity contribution is -0.127. The predicted octanol–water partition coefficient (Wildman–Crippen LogP) is 3.45. The third-order valence-electron chi connectivity index (χ3n) is 6.06. The number of carbonyl (C=O) groups is 1. The number of nitrogens with one attached hydrogen (secondary N) is 1. The molecule has 0 saturated carbocycles. The fourth-order valence-electron chi connectivity index (χ4n) is 4.41. The second kappa shape index (κ2) is 11.7. The van der Waals surface area contributed by atoms with Crippen LogP contribution in [0.4, 0.5) is 4.39 Å². The van der Waals surface area contributed by atoms with E-state index >= 15 is 0 Å². The Bertz CT molecular complexity index is 1040. The highest BCUT2D eigenvalue weighted by atomic mass is 19.1. The van der Waals surface area contributed by atoms with Crippen LogP contribution in [0.15, 0.2) is 67.3 Å². The summed E-state index contributed by atoms with van der Waals surface area (Å²) in [4.78, 5) is 19.3. The normalized spacial score (nSPS) is 18.5. The van der Waals surface area contributed by atoms with Gasteiger partial charge in [0.15, 0.2) is 0 Å². The van der Waals surface area contributed by atoms with E-state index in [1.165, 1.54) is 12.1 Å². The van der Waals surface area contributed by atoms with Gasteiger partial charge in [0.1, 0.15) is 17.3 Å². The molecule has 0 bridgehead atoms. The number of likely N-dealkylation sites (tertiary alicyclic amines) is 1. The number of aromatic hydroxyl groups is 1. The monoisotopic (exact) mass is 466 g/mol. The van der Waals surface area contributed by atoms with E-state index in [-0.39, 0.29) is 29.3 Å². The van der Waals surface area contributed by atoms with Gasteiger partial charge in [0.2, 0.25) is 5.91 Å². The first-order valence-corrected chi connectivity index (χ1v) is 11.7. The van der Waals surface area contributed by atoms with Crippen LogP contribution in [-0.2, 0) is 17.9 Å². The Morgan fingerprint density at radius 3 is 2.82 bits per heavy atom. The third-order valence-corrected chi connectivity index (χ3v) is 6.06. The largest absolute Gasteiger partial charge is 0.508 e. The van der Waals surface area contributed by atoms with Crippen molar-refractivity contribution in [3.8, 4) is 11.5 Å².